The summed E-state index contributed by atoms with van der Waals surface area (Å²) < 4.78 is 13.5. The Morgan fingerprint density at radius 1 is 1.04 bits per heavy atom. The summed E-state index contributed by atoms with van der Waals surface area (Å²) in [6, 6.07) is 12.1. The number of hydrogen-bond donors (Lipinski definition) is 2. The van der Waals surface area contributed by atoms with Crippen molar-refractivity contribution in [3.63, 3.8) is 0 Å². The Morgan fingerprint density at radius 2 is 1.70 bits per heavy atom. The number of rotatable bonds is 5. The second-order valence-electron chi connectivity index (χ2n) is 5.11. The minimum absolute atomic E-state index is 0.324. The molecule has 4 heteroatoms. The minimum Gasteiger partial charge on any atom is -0.314 e. The van der Waals surface area contributed by atoms with Crippen LogP contribution < -0.4 is 10.6 Å². The van der Waals surface area contributed by atoms with Crippen LogP contribution in [0.3, 0.4) is 0 Å². The van der Waals surface area contributed by atoms with Crippen LogP contribution in [0.4, 0.5) is 14.9 Å². The van der Waals surface area contributed by atoms with Crippen LogP contribution in [0, 0.1) is 5.82 Å². The molecule has 0 bridgehead atoms. The summed E-state index contributed by atoms with van der Waals surface area (Å²) in [5.74, 6) is -0.324. The van der Waals surface area contributed by atoms with E-state index in [0.29, 0.717) is 5.56 Å². The number of halogens is 1. The molecule has 2 N–H and O–H groups in total. The van der Waals surface area contributed by atoms with E-state index in [1.165, 1.54) is 18.3 Å². The van der Waals surface area contributed by atoms with Gasteiger partial charge >= 0.3 is 6.03 Å². The number of aryl methyl sites for hydroxylation is 2. The van der Waals surface area contributed by atoms with E-state index >= 15 is 0 Å². The van der Waals surface area contributed by atoms with Crippen LogP contribution >= 0.6 is 0 Å². The Labute approximate surface area is 136 Å². The average Bonchev–Trinajstić information content (AvgIpc) is 2.56. The van der Waals surface area contributed by atoms with Gasteiger partial charge < -0.3 is 10.6 Å². The van der Waals surface area contributed by atoms with Crippen LogP contribution in [0.2, 0.25) is 0 Å². The summed E-state index contributed by atoms with van der Waals surface area (Å²) in [6.45, 7) is 4.10. The third-order valence-electron chi connectivity index (χ3n) is 3.62. The molecule has 0 spiro atoms. The molecule has 0 atom stereocenters. The summed E-state index contributed by atoms with van der Waals surface area (Å²) in [4.78, 5) is 12.1. The molecule has 2 rings (SSSR count). The number of carbonyl (C=O) groups is 1. The molecule has 0 aromatic heterocycles. The van der Waals surface area contributed by atoms with Crippen molar-refractivity contribution in [2.45, 2.75) is 26.7 Å². The third-order valence-corrected chi connectivity index (χ3v) is 3.62. The Balaban J connectivity index is 2.04. The highest BCUT2D eigenvalue weighted by molar-refractivity contribution is 5.92. The van der Waals surface area contributed by atoms with Crippen molar-refractivity contribution in [2.24, 2.45) is 0 Å². The number of hydrogen-bond acceptors (Lipinski definition) is 1. The Hall–Kier alpha value is -2.62. The maximum absolute atomic E-state index is 13.5. The molecule has 0 fully saturated rings. The lowest BCUT2D eigenvalue weighted by Crippen LogP contribution is -2.25. The molecule has 0 saturated heterocycles. The van der Waals surface area contributed by atoms with Crippen molar-refractivity contribution >= 4 is 17.8 Å². The van der Waals surface area contributed by atoms with Gasteiger partial charge in [-0.05, 0) is 36.1 Å². The van der Waals surface area contributed by atoms with Crippen LogP contribution in [-0.2, 0) is 12.8 Å². The first kappa shape index (κ1) is 16.7. The molecule has 0 aliphatic heterocycles. The van der Waals surface area contributed by atoms with Crippen molar-refractivity contribution in [2.75, 3.05) is 5.32 Å². The summed E-state index contributed by atoms with van der Waals surface area (Å²) >= 11 is 0. The maximum atomic E-state index is 13.5. The van der Waals surface area contributed by atoms with E-state index in [0.717, 1.165) is 29.7 Å². The van der Waals surface area contributed by atoms with E-state index in [-0.39, 0.29) is 11.8 Å². The molecule has 2 aromatic rings. The second-order valence-corrected chi connectivity index (χ2v) is 5.11. The minimum atomic E-state index is -0.340. The first-order chi connectivity index (χ1) is 11.2. The first-order valence-corrected chi connectivity index (χ1v) is 7.75. The molecule has 0 aliphatic carbocycles. The lowest BCUT2D eigenvalue weighted by molar-refractivity contribution is 0.255. The average molecular weight is 312 g/mol. The molecule has 0 saturated carbocycles. The van der Waals surface area contributed by atoms with E-state index < -0.39 is 0 Å². The van der Waals surface area contributed by atoms with Gasteiger partial charge in [0.2, 0.25) is 0 Å². The van der Waals surface area contributed by atoms with Crippen LogP contribution in [0.25, 0.3) is 6.08 Å². The predicted octanol–water partition coefficient (Wildman–Crippen LogP) is 4.74. The largest absolute Gasteiger partial charge is 0.323 e. The van der Waals surface area contributed by atoms with Crippen LogP contribution in [-0.4, -0.2) is 6.03 Å². The quantitative estimate of drug-likeness (QED) is 0.822. The molecular formula is C19H21FN2O. The van der Waals surface area contributed by atoms with Gasteiger partial charge in [0.25, 0.3) is 0 Å². The molecule has 0 aliphatic rings. The first-order valence-electron chi connectivity index (χ1n) is 7.75. The molecule has 120 valence electrons. The fourth-order valence-corrected chi connectivity index (χ4v) is 2.37. The lowest BCUT2D eigenvalue weighted by Gasteiger charge is -2.14. The smallest absolute Gasteiger partial charge is 0.314 e. The van der Waals surface area contributed by atoms with E-state index in [1.807, 2.05) is 18.2 Å². The summed E-state index contributed by atoms with van der Waals surface area (Å²) in [5.41, 5.74) is 3.47. The zero-order valence-corrected chi connectivity index (χ0v) is 13.4. The molecule has 0 unspecified atom stereocenters. The van der Waals surface area contributed by atoms with Crippen molar-refractivity contribution in [3.05, 3.63) is 71.2 Å². The summed E-state index contributed by atoms with van der Waals surface area (Å²) in [5, 5.41) is 5.50. The molecular weight excluding hydrogens is 291 g/mol. The van der Waals surface area contributed by atoms with Crippen molar-refractivity contribution in [1.82, 2.24) is 5.32 Å². The van der Waals surface area contributed by atoms with Gasteiger partial charge in [0.1, 0.15) is 5.82 Å². The normalized spacial score (nSPS) is 10.7. The Bertz CT molecular complexity index is 688. The molecule has 2 amide bonds. The molecule has 2 aromatic carbocycles. The van der Waals surface area contributed by atoms with Crippen molar-refractivity contribution in [1.29, 1.82) is 0 Å². The van der Waals surface area contributed by atoms with Gasteiger partial charge in [0.15, 0.2) is 0 Å². The predicted molar refractivity (Wildman–Crippen MR) is 92.8 cm³/mol. The van der Waals surface area contributed by atoms with Crippen molar-refractivity contribution in [3.8, 4) is 0 Å². The molecule has 0 heterocycles. The fraction of sp³-hybridized carbons (Fsp3) is 0.211. The molecule has 23 heavy (non-hydrogen) atoms. The van der Waals surface area contributed by atoms with Gasteiger partial charge in [-0.1, -0.05) is 50.2 Å². The monoisotopic (exact) mass is 312 g/mol. The number of carbonyl (C=O) groups excluding carboxylic acids is 1. The second kappa shape index (κ2) is 8.13. The van der Waals surface area contributed by atoms with Gasteiger partial charge in [0, 0.05) is 17.5 Å². The number of nitrogens with one attached hydrogen (secondary N) is 2. The van der Waals surface area contributed by atoms with Gasteiger partial charge in [0.05, 0.1) is 0 Å². The van der Waals surface area contributed by atoms with Gasteiger partial charge in [-0.3, -0.25) is 0 Å². The highest BCUT2D eigenvalue weighted by Crippen LogP contribution is 2.22. The summed E-state index contributed by atoms with van der Waals surface area (Å²) in [7, 11) is 0. The maximum Gasteiger partial charge on any atom is 0.323 e. The number of para-hydroxylation sites is 1. The van der Waals surface area contributed by atoms with Crippen molar-refractivity contribution < 1.29 is 9.18 Å². The topological polar surface area (TPSA) is 41.1 Å². The SMILES string of the molecule is CCc1cccc(CC)c1NC(=O)N/C=C/c1ccccc1F. The summed E-state index contributed by atoms with van der Waals surface area (Å²) in [6.07, 6.45) is 4.65. The van der Waals surface area contributed by atoms with E-state index in [4.69, 9.17) is 0 Å². The fourth-order valence-electron chi connectivity index (χ4n) is 2.37. The van der Waals surface area contributed by atoms with Gasteiger partial charge in [-0.15, -0.1) is 0 Å². The number of amides is 2. The molecule has 0 radical (unpaired) electrons. The number of anilines is 1. The zero-order chi connectivity index (χ0) is 16.7. The van der Waals surface area contributed by atoms with E-state index in [2.05, 4.69) is 24.5 Å². The van der Waals surface area contributed by atoms with E-state index in [1.54, 1.807) is 18.2 Å². The van der Waals surface area contributed by atoms with Crippen LogP contribution in [0.5, 0.6) is 0 Å². The van der Waals surface area contributed by atoms with Crippen LogP contribution in [0.15, 0.2) is 48.7 Å². The number of urea groups is 1. The van der Waals surface area contributed by atoms with Gasteiger partial charge in [-0.25, -0.2) is 9.18 Å². The highest BCUT2D eigenvalue weighted by atomic mass is 19.1. The van der Waals surface area contributed by atoms with E-state index in [9.17, 15) is 9.18 Å². The lowest BCUT2D eigenvalue weighted by atomic mass is 10.0. The van der Waals surface area contributed by atoms with Crippen LogP contribution in [0.1, 0.15) is 30.5 Å². The zero-order valence-electron chi connectivity index (χ0n) is 13.4. The standard InChI is InChI=1S/C19H21FN2O/c1-3-14-9-7-10-15(4-2)18(14)22-19(23)21-13-12-16-8-5-6-11-17(16)20/h5-13H,3-4H2,1-2H3,(H2,21,22,23)/b13-12+. The number of benzene rings is 2. The molecule has 3 nitrogen and oxygen atoms in total. The highest BCUT2D eigenvalue weighted by Gasteiger charge is 2.08. The Morgan fingerprint density at radius 3 is 2.30 bits per heavy atom. The van der Waals surface area contributed by atoms with Gasteiger partial charge in [-0.2, -0.15) is 0 Å². The Kier molecular flexibility index (Phi) is 5.92. The third kappa shape index (κ3) is 4.42.